The average Bonchev–Trinajstić information content (AvgIpc) is 3.46. The minimum absolute atomic E-state index is 0.455. The van der Waals surface area contributed by atoms with Crippen molar-refractivity contribution in [2.24, 2.45) is 12.0 Å². The predicted molar refractivity (Wildman–Crippen MR) is 108 cm³/mol. The van der Waals surface area contributed by atoms with Gasteiger partial charge in [-0.1, -0.05) is 18.2 Å². The van der Waals surface area contributed by atoms with Crippen LogP contribution in [0.4, 0.5) is 5.69 Å². The van der Waals surface area contributed by atoms with Gasteiger partial charge in [0.1, 0.15) is 12.4 Å². The van der Waals surface area contributed by atoms with E-state index in [4.69, 9.17) is 4.99 Å². The number of hydrogen-bond donors (Lipinski definition) is 2. The van der Waals surface area contributed by atoms with E-state index >= 15 is 0 Å². The summed E-state index contributed by atoms with van der Waals surface area (Å²) < 4.78 is 2.00. The summed E-state index contributed by atoms with van der Waals surface area (Å²) in [4.78, 5) is 7.24. The Hall–Kier alpha value is -2.57. The van der Waals surface area contributed by atoms with Crippen molar-refractivity contribution < 1.29 is 0 Å². The molecule has 2 aliphatic rings. The Morgan fingerprint density at radius 1 is 1.04 bits per heavy atom. The molecule has 0 bridgehead atoms. The molecule has 7 nitrogen and oxygen atoms in total. The summed E-state index contributed by atoms with van der Waals surface area (Å²) in [7, 11) is 1.99. The quantitative estimate of drug-likeness (QED) is 0.625. The van der Waals surface area contributed by atoms with E-state index in [1.165, 1.54) is 18.5 Å². The molecule has 2 N–H and O–H groups in total. The average molecular weight is 368 g/mol. The van der Waals surface area contributed by atoms with Crippen molar-refractivity contribution in [2.45, 2.75) is 51.2 Å². The maximum Gasteiger partial charge on any atom is 0.192 e. The third-order valence-electron chi connectivity index (χ3n) is 5.44. The Kier molecular flexibility index (Phi) is 5.27. The zero-order valence-electron chi connectivity index (χ0n) is 16.2. The van der Waals surface area contributed by atoms with Crippen molar-refractivity contribution in [1.29, 1.82) is 0 Å². The van der Waals surface area contributed by atoms with Gasteiger partial charge >= 0.3 is 0 Å². The van der Waals surface area contributed by atoms with Gasteiger partial charge in [-0.05, 0) is 44.7 Å². The normalized spacial score (nSPS) is 18.6. The number of guanidine groups is 1. The summed E-state index contributed by atoms with van der Waals surface area (Å²) in [5.74, 6) is 2.72. The van der Waals surface area contributed by atoms with Gasteiger partial charge in [0.15, 0.2) is 11.8 Å². The van der Waals surface area contributed by atoms with Gasteiger partial charge in [-0.15, -0.1) is 10.2 Å². The van der Waals surface area contributed by atoms with Gasteiger partial charge < -0.3 is 20.1 Å². The molecule has 0 atom stereocenters. The molecule has 1 aliphatic heterocycles. The molecule has 0 amide bonds. The zero-order chi connectivity index (χ0) is 18.6. The Bertz CT molecular complexity index is 771. The number of aryl methyl sites for hydroxylation is 1. The first-order chi connectivity index (χ1) is 13.2. The lowest BCUT2D eigenvalue weighted by Gasteiger charge is -2.34. The van der Waals surface area contributed by atoms with Gasteiger partial charge in [-0.3, -0.25) is 0 Å². The van der Waals surface area contributed by atoms with E-state index in [0.717, 1.165) is 43.5 Å². The highest BCUT2D eigenvalue weighted by Gasteiger charge is 2.25. The summed E-state index contributed by atoms with van der Waals surface area (Å²) in [5.41, 5.74) is 1.32. The monoisotopic (exact) mass is 367 g/mol. The standard InChI is InChI=1S/C20H29N7/c1-15-24-25-19(26(15)2)14-21-20(22-16-8-9-16)23-17-10-12-27(13-11-17)18-6-4-3-5-7-18/h3-7,16-17H,8-14H2,1-2H3,(H2,21,22,23). The molecule has 1 saturated carbocycles. The number of anilines is 1. The van der Waals surface area contributed by atoms with E-state index in [2.05, 4.69) is 56.1 Å². The van der Waals surface area contributed by atoms with Crippen molar-refractivity contribution >= 4 is 11.6 Å². The van der Waals surface area contributed by atoms with Crippen LogP contribution in [-0.2, 0) is 13.6 Å². The molecule has 7 heteroatoms. The Morgan fingerprint density at radius 2 is 1.70 bits per heavy atom. The van der Waals surface area contributed by atoms with Gasteiger partial charge in [0, 0.05) is 37.9 Å². The molecular weight excluding hydrogens is 338 g/mol. The largest absolute Gasteiger partial charge is 0.371 e. The second kappa shape index (κ2) is 7.98. The SMILES string of the molecule is Cc1nnc(CN=C(NC2CC2)NC2CCN(c3ccccc3)CC2)n1C. The molecule has 2 fully saturated rings. The number of hydrogen-bond acceptors (Lipinski definition) is 4. The number of aliphatic imine (C=N–C) groups is 1. The van der Waals surface area contributed by atoms with Crippen LogP contribution >= 0.6 is 0 Å². The number of nitrogens with zero attached hydrogens (tertiary/aromatic N) is 5. The molecule has 4 rings (SSSR count). The highest BCUT2D eigenvalue weighted by atomic mass is 15.3. The molecule has 1 aliphatic carbocycles. The maximum atomic E-state index is 4.78. The summed E-state index contributed by atoms with van der Waals surface area (Å²) in [6.45, 7) is 4.65. The third kappa shape index (κ3) is 4.59. The molecule has 27 heavy (non-hydrogen) atoms. The van der Waals surface area contributed by atoms with E-state index in [0.29, 0.717) is 18.6 Å². The van der Waals surface area contributed by atoms with Crippen LogP contribution in [-0.4, -0.2) is 45.9 Å². The molecule has 0 unspecified atom stereocenters. The van der Waals surface area contributed by atoms with Crippen LogP contribution in [0.25, 0.3) is 0 Å². The maximum absolute atomic E-state index is 4.78. The molecule has 1 aromatic carbocycles. The minimum Gasteiger partial charge on any atom is -0.371 e. The first-order valence-electron chi connectivity index (χ1n) is 9.91. The number of piperidine rings is 1. The van der Waals surface area contributed by atoms with Crippen LogP contribution in [0.5, 0.6) is 0 Å². The first-order valence-corrected chi connectivity index (χ1v) is 9.91. The lowest BCUT2D eigenvalue weighted by atomic mass is 10.0. The minimum atomic E-state index is 0.455. The molecule has 1 saturated heterocycles. The van der Waals surface area contributed by atoms with E-state index in [1.807, 2.05) is 18.5 Å². The van der Waals surface area contributed by atoms with Crippen LogP contribution in [0.1, 0.15) is 37.3 Å². The van der Waals surface area contributed by atoms with Crippen molar-refractivity contribution in [3.8, 4) is 0 Å². The fraction of sp³-hybridized carbons (Fsp3) is 0.550. The van der Waals surface area contributed by atoms with E-state index < -0.39 is 0 Å². The van der Waals surface area contributed by atoms with Crippen LogP contribution in [0.15, 0.2) is 35.3 Å². The molecule has 0 radical (unpaired) electrons. The molecule has 144 valence electrons. The summed E-state index contributed by atoms with van der Waals surface area (Å²) in [5, 5.41) is 15.5. The van der Waals surface area contributed by atoms with Gasteiger partial charge in [0.05, 0.1) is 0 Å². The fourth-order valence-corrected chi connectivity index (χ4v) is 3.41. The molecular formula is C20H29N7. The first kappa shape index (κ1) is 17.8. The number of nitrogens with one attached hydrogen (secondary N) is 2. The van der Waals surface area contributed by atoms with Crippen molar-refractivity contribution in [1.82, 2.24) is 25.4 Å². The Balaban J connectivity index is 1.35. The fourth-order valence-electron chi connectivity index (χ4n) is 3.41. The smallest absolute Gasteiger partial charge is 0.192 e. The highest BCUT2D eigenvalue weighted by molar-refractivity contribution is 5.80. The van der Waals surface area contributed by atoms with Crippen molar-refractivity contribution in [3.63, 3.8) is 0 Å². The molecule has 2 heterocycles. The topological polar surface area (TPSA) is 70.4 Å². The van der Waals surface area contributed by atoms with Crippen LogP contribution in [0, 0.1) is 6.92 Å². The number of rotatable bonds is 5. The van der Waals surface area contributed by atoms with E-state index in [1.54, 1.807) is 0 Å². The summed E-state index contributed by atoms with van der Waals surface area (Å²) >= 11 is 0. The van der Waals surface area contributed by atoms with Crippen molar-refractivity contribution in [3.05, 3.63) is 42.0 Å². The Morgan fingerprint density at radius 3 is 2.30 bits per heavy atom. The predicted octanol–water partition coefficient (Wildman–Crippen LogP) is 1.99. The molecule has 0 spiro atoms. The van der Waals surface area contributed by atoms with Gasteiger partial charge in [0.2, 0.25) is 0 Å². The van der Waals surface area contributed by atoms with E-state index in [-0.39, 0.29) is 0 Å². The molecule has 2 aromatic rings. The number of benzene rings is 1. The van der Waals surface area contributed by atoms with Gasteiger partial charge in [-0.25, -0.2) is 4.99 Å². The third-order valence-corrected chi connectivity index (χ3v) is 5.44. The zero-order valence-corrected chi connectivity index (χ0v) is 16.2. The summed E-state index contributed by atoms with van der Waals surface area (Å²) in [6, 6.07) is 11.7. The number of aromatic nitrogens is 3. The number of para-hydroxylation sites is 1. The van der Waals surface area contributed by atoms with Gasteiger partial charge in [-0.2, -0.15) is 0 Å². The lowest BCUT2D eigenvalue weighted by molar-refractivity contribution is 0.461. The summed E-state index contributed by atoms with van der Waals surface area (Å²) in [6.07, 6.45) is 4.69. The lowest BCUT2D eigenvalue weighted by Crippen LogP contribution is -2.49. The molecule has 1 aromatic heterocycles. The second-order valence-electron chi connectivity index (χ2n) is 7.55. The van der Waals surface area contributed by atoms with Crippen molar-refractivity contribution in [2.75, 3.05) is 18.0 Å². The Labute approximate surface area is 160 Å². The van der Waals surface area contributed by atoms with Crippen LogP contribution in [0.2, 0.25) is 0 Å². The highest BCUT2D eigenvalue weighted by Crippen LogP contribution is 2.21. The van der Waals surface area contributed by atoms with E-state index in [9.17, 15) is 0 Å². The van der Waals surface area contributed by atoms with Gasteiger partial charge in [0.25, 0.3) is 0 Å². The van der Waals surface area contributed by atoms with Crippen LogP contribution in [0.3, 0.4) is 0 Å². The second-order valence-corrected chi connectivity index (χ2v) is 7.55. The van der Waals surface area contributed by atoms with Crippen LogP contribution < -0.4 is 15.5 Å².